The summed E-state index contributed by atoms with van der Waals surface area (Å²) in [5, 5.41) is 0. The lowest BCUT2D eigenvalue weighted by Crippen LogP contribution is -2.36. The van der Waals surface area contributed by atoms with E-state index in [-0.39, 0.29) is 5.91 Å². The molecule has 14 heavy (non-hydrogen) atoms. The van der Waals surface area contributed by atoms with Gasteiger partial charge in [0.05, 0.1) is 0 Å². The summed E-state index contributed by atoms with van der Waals surface area (Å²) in [6.45, 7) is 6.00. The monoisotopic (exact) mass is 195 g/mol. The van der Waals surface area contributed by atoms with Gasteiger partial charge in [-0.05, 0) is 32.6 Å². The molecule has 80 valence electrons. The molecular formula is C12H21NO. The molecule has 1 heterocycles. The molecule has 0 aromatic rings. The largest absolute Gasteiger partial charge is 0.339 e. The second kappa shape index (κ2) is 5.84. The molecule has 0 bridgehead atoms. The van der Waals surface area contributed by atoms with E-state index in [1.807, 2.05) is 17.9 Å². The average molecular weight is 195 g/mol. The Balaban J connectivity index is 2.52. The number of hydrogen-bond donors (Lipinski definition) is 0. The molecular weight excluding hydrogens is 174 g/mol. The van der Waals surface area contributed by atoms with Crippen LogP contribution in [0, 0.1) is 0 Å². The second-order valence-electron chi connectivity index (χ2n) is 3.92. The molecule has 0 spiro atoms. The van der Waals surface area contributed by atoms with Crippen LogP contribution in [0.15, 0.2) is 11.6 Å². The zero-order valence-electron chi connectivity index (χ0n) is 9.38. The molecule has 0 radical (unpaired) electrons. The van der Waals surface area contributed by atoms with Crippen molar-refractivity contribution in [2.24, 2.45) is 0 Å². The molecule has 1 rings (SSSR count). The standard InChI is InChI=1S/C12H21NO/c1-3-8-11(4-2)12(14)13-9-6-5-7-10-13/h4H,3,5-10H2,1-2H3/b11-4+. The Bertz CT molecular complexity index is 214. The number of nitrogens with zero attached hydrogens (tertiary/aromatic N) is 1. The number of rotatable bonds is 3. The first-order valence-corrected chi connectivity index (χ1v) is 5.74. The highest BCUT2D eigenvalue weighted by Gasteiger charge is 2.18. The fourth-order valence-corrected chi connectivity index (χ4v) is 1.94. The Labute approximate surface area is 87.0 Å². The van der Waals surface area contributed by atoms with Crippen LogP contribution >= 0.6 is 0 Å². The van der Waals surface area contributed by atoms with Crippen molar-refractivity contribution >= 4 is 5.91 Å². The molecule has 0 aromatic carbocycles. The van der Waals surface area contributed by atoms with E-state index in [9.17, 15) is 4.79 Å². The number of allylic oxidation sites excluding steroid dienone is 1. The quantitative estimate of drug-likeness (QED) is 0.634. The lowest BCUT2D eigenvalue weighted by atomic mass is 10.1. The first-order valence-electron chi connectivity index (χ1n) is 5.74. The maximum absolute atomic E-state index is 12.0. The lowest BCUT2D eigenvalue weighted by molar-refractivity contribution is -0.128. The van der Waals surface area contributed by atoms with Crippen molar-refractivity contribution in [3.63, 3.8) is 0 Å². The number of likely N-dealkylation sites (tertiary alicyclic amines) is 1. The van der Waals surface area contributed by atoms with Gasteiger partial charge in [-0.3, -0.25) is 4.79 Å². The molecule has 1 saturated heterocycles. The highest BCUT2D eigenvalue weighted by Crippen LogP contribution is 2.14. The highest BCUT2D eigenvalue weighted by atomic mass is 16.2. The summed E-state index contributed by atoms with van der Waals surface area (Å²) in [7, 11) is 0. The summed E-state index contributed by atoms with van der Waals surface area (Å²) < 4.78 is 0. The summed E-state index contributed by atoms with van der Waals surface area (Å²) in [6, 6.07) is 0. The number of amides is 1. The Morgan fingerprint density at radius 1 is 1.29 bits per heavy atom. The normalized spacial score (nSPS) is 18.4. The van der Waals surface area contributed by atoms with E-state index >= 15 is 0 Å². The maximum Gasteiger partial charge on any atom is 0.249 e. The third-order valence-corrected chi connectivity index (χ3v) is 2.79. The van der Waals surface area contributed by atoms with Crippen LogP contribution in [0.5, 0.6) is 0 Å². The predicted octanol–water partition coefficient (Wildman–Crippen LogP) is 2.75. The van der Waals surface area contributed by atoms with Crippen LogP contribution in [0.25, 0.3) is 0 Å². The summed E-state index contributed by atoms with van der Waals surface area (Å²) in [4.78, 5) is 14.0. The Morgan fingerprint density at radius 2 is 1.93 bits per heavy atom. The Morgan fingerprint density at radius 3 is 2.43 bits per heavy atom. The summed E-state index contributed by atoms with van der Waals surface area (Å²) >= 11 is 0. The van der Waals surface area contributed by atoms with Crippen molar-refractivity contribution in [3.8, 4) is 0 Å². The number of hydrogen-bond acceptors (Lipinski definition) is 1. The fourth-order valence-electron chi connectivity index (χ4n) is 1.94. The molecule has 1 aliphatic rings. The number of carbonyl (C=O) groups excluding carboxylic acids is 1. The van der Waals surface area contributed by atoms with Crippen LogP contribution in [0.1, 0.15) is 46.0 Å². The average Bonchev–Trinajstić information content (AvgIpc) is 2.26. The van der Waals surface area contributed by atoms with Crippen molar-refractivity contribution in [3.05, 3.63) is 11.6 Å². The van der Waals surface area contributed by atoms with Crippen LogP contribution in [-0.2, 0) is 4.79 Å². The zero-order valence-corrected chi connectivity index (χ0v) is 9.38. The van der Waals surface area contributed by atoms with Crippen molar-refractivity contribution in [2.45, 2.75) is 46.0 Å². The molecule has 2 nitrogen and oxygen atoms in total. The summed E-state index contributed by atoms with van der Waals surface area (Å²) in [5.41, 5.74) is 0.995. The SMILES string of the molecule is C/C=C(\CCC)C(=O)N1CCCCC1. The zero-order chi connectivity index (χ0) is 10.4. The molecule has 0 aromatic heterocycles. The van der Waals surface area contributed by atoms with E-state index in [1.54, 1.807) is 0 Å². The van der Waals surface area contributed by atoms with Gasteiger partial charge < -0.3 is 4.90 Å². The van der Waals surface area contributed by atoms with Crippen LogP contribution in [-0.4, -0.2) is 23.9 Å². The Kier molecular flexibility index (Phi) is 4.71. The molecule has 2 heteroatoms. The minimum absolute atomic E-state index is 0.272. The first-order chi connectivity index (χ1) is 6.79. The fraction of sp³-hybridized carbons (Fsp3) is 0.750. The molecule has 0 aliphatic carbocycles. The summed E-state index contributed by atoms with van der Waals surface area (Å²) in [6.07, 6.45) is 7.58. The van der Waals surface area contributed by atoms with E-state index in [4.69, 9.17) is 0 Å². The van der Waals surface area contributed by atoms with Gasteiger partial charge in [0.1, 0.15) is 0 Å². The lowest BCUT2D eigenvalue weighted by Gasteiger charge is -2.27. The van der Waals surface area contributed by atoms with Crippen LogP contribution < -0.4 is 0 Å². The third-order valence-electron chi connectivity index (χ3n) is 2.79. The van der Waals surface area contributed by atoms with Gasteiger partial charge in [-0.15, -0.1) is 0 Å². The Hall–Kier alpha value is -0.790. The van der Waals surface area contributed by atoms with E-state index in [0.29, 0.717) is 0 Å². The highest BCUT2D eigenvalue weighted by molar-refractivity contribution is 5.93. The predicted molar refractivity (Wildman–Crippen MR) is 59.1 cm³/mol. The van der Waals surface area contributed by atoms with Crippen molar-refractivity contribution in [2.75, 3.05) is 13.1 Å². The number of carbonyl (C=O) groups is 1. The smallest absolute Gasteiger partial charge is 0.249 e. The number of piperidine rings is 1. The van der Waals surface area contributed by atoms with E-state index in [2.05, 4.69) is 6.92 Å². The van der Waals surface area contributed by atoms with Crippen molar-refractivity contribution in [1.29, 1.82) is 0 Å². The van der Waals surface area contributed by atoms with E-state index in [1.165, 1.54) is 19.3 Å². The minimum Gasteiger partial charge on any atom is -0.339 e. The second-order valence-corrected chi connectivity index (χ2v) is 3.92. The summed E-state index contributed by atoms with van der Waals surface area (Å²) in [5.74, 6) is 0.272. The molecule has 0 unspecified atom stereocenters. The van der Waals surface area contributed by atoms with Gasteiger partial charge in [0, 0.05) is 18.7 Å². The molecule has 1 amide bonds. The molecule has 0 atom stereocenters. The van der Waals surface area contributed by atoms with Crippen LogP contribution in [0.3, 0.4) is 0 Å². The molecule has 0 N–H and O–H groups in total. The van der Waals surface area contributed by atoms with Crippen LogP contribution in [0.2, 0.25) is 0 Å². The van der Waals surface area contributed by atoms with Crippen molar-refractivity contribution in [1.82, 2.24) is 4.90 Å². The topological polar surface area (TPSA) is 20.3 Å². The van der Waals surface area contributed by atoms with Crippen LogP contribution in [0.4, 0.5) is 0 Å². The van der Waals surface area contributed by atoms with Gasteiger partial charge >= 0.3 is 0 Å². The first kappa shape index (κ1) is 11.3. The van der Waals surface area contributed by atoms with Gasteiger partial charge in [0.25, 0.3) is 0 Å². The molecule has 1 aliphatic heterocycles. The van der Waals surface area contributed by atoms with E-state index in [0.717, 1.165) is 31.5 Å². The van der Waals surface area contributed by atoms with Crippen molar-refractivity contribution < 1.29 is 4.79 Å². The van der Waals surface area contributed by atoms with E-state index < -0.39 is 0 Å². The third kappa shape index (κ3) is 2.86. The van der Waals surface area contributed by atoms with Gasteiger partial charge in [-0.1, -0.05) is 19.4 Å². The maximum atomic E-state index is 12.0. The van der Waals surface area contributed by atoms with Gasteiger partial charge in [0.2, 0.25) is 5.91 Å². The molecule has 0 saturated carbocycles. The molecule has 1 fully saturated rings. The minimum atomic E-state index is 0.272. The van der Waals surface area contributed by atoms with Gasteiger partial charge in [0.15, 0.2) is 0 Å². The van der Waals surface area contributed by atoms with Gasteiger partial charge in [-0.2, -0.15) is 0 Å². The van der Waals surface area contributed by atoms with Gasteiger partial charge in [-0.25, -0.2) is 0 Å².